The van der Waals surface area contributed by atoms with Gasteiger partial charge in [0.25, 0.3) is 0 Å². The van der Waals surface area contributed by atoms with E-state index in [2.05, 4.69) is 0 Å². The number of fused-ring (bicyclic) bond motifs is 2. The lowest BCUT2D eigenvalue weighted by Gasteiger charge is -2.15. The first kappa shape index (κ1) is 30.3. The van der Waals surface area contributed by atoms with Crippen LogP contribution in [-0.4, -0.2) is 27.7 Å². The quantitative estimate of drug-likeness (QED) is 0.320. The maximum Gasteiger partial charge on any atom is 0.211 e. The highest BCUT2D eigenvalue weighted by atomic mass is 32.2. The zero-order chi connectivity index (χ0) is 28.6. The summed E-state index contributed by atoms with van der Waals surface area (Å²) in [5, 5.41) is 10.9. The zero-order valence-electron chi connectivity index (χ0n) is 23.1. The van der Waals surface area contributed by atoms with E-state index in [1.165, 1.54) is 24.3 Å². The number of benzene rings is 2. The molecule has 2 aliphatic heterocycles. The van der Waals surface area contributed by atoms with Gasteiger partial charge in [0.15, 0.2) is 0 Å². The van der Waals surface area contributed by atoms with Gasteiger partial charge in [-0.2, -0.15) is 0 Å². The molecular weight excluding hydrogens is 532 g/mol. The molecule has 8 heteroatoms. The summed E-state index contributed by atoms with van der Waals surface area (Å²) < 4.78 is 53.4. The summed E-state index contributed by atoms with van der Waals surface area (Å²) in [6.45, 7) is 16.1. The van der Waals surface area contributed by atoms with Crippen LogP contribution in [0.2, 0.25) is 0 Å². The fourth-order valence-electron chi connectivity index (χ4n) is 5.31. The van der Waals surface area contributed by atoms with Crippen molar-refractivity contribution in [3.8, 4) is 0 Å². The van der Waals surface area contributed by atoms with Crippen LogP contribution in [0.1, 0.15) is 74.8 Å². The summed E-state index contributed by atoms with van der Waals surface area (Å²) >= 11 is 0. The summed E-state index contributed by atoms with van der Waals surface area (Å²) in [5.41, 5.74) is 7.13. The van der Waals surface area contributed by atoms with Crippen LogP contribution in [-0.2, 0) is 19.7 Å². The second-order valence-corrected chi connectivity index (χ2v) is 13.9. The highest BCUT2D eigenvalue weighted by Gasteiger charge is 2.42. The number of carbonyl (C=O) groups is 1. The molecule has 0 saturated carbocycles. The van der Waals surface area contributed by atoms with Gasteiger partial charge in [0, 0.05) is 11.1 Å². The molecule has 0 amide bonds. The molecule has 0 spiro atoms. The molecule has 2 aliphatic rings. The summed E-state index contributed by atoms with van der Waals surface area (Å²) in [5.74, 6) is -0.839. The molecule has 0 aliphatic carbocycles. The molecule has 2 aromatic rings. The number of Topliss-reactive ketones (excluding diaryl/α,β-unsaturated/α-hetero) is 1. The second kappa shape index (κ2) is 9.75. The molecule has 0 saturated heterocycles. The lowest BCUT2D eigenvalue weighted by molar-refractivity contribution is 0.104. The number of ketones is 1. The molecule has 39 heavy (non-hydrogen) atoms. The molecule has 208 valence electrons. The number of carbonyl (C=O) groups excluding carboxylic acids is 1. The Morgan fingerprint density at radius 1 is 0.667 bits per heavy atom. The van der Waals surface area contributed by atoms with Crippen molar-refractivity contribution in [1.82, 2.24) is 0 Å². The molecular formula is C31H36O6S2. The van der Waals surface area contributed by atoms with Gasteiger partial charge in [-0.3, -0.25) is 4.79 Å². The molecule has 1 N–H and O–H groups in total. The lowest BCUT2D eigenvalue weighted by Crippen LogP contribution is -2.05. The Balaban J connectivity index is 0.00000420. The van der Waals surface area contributed by atoms with Crippen LogP contribution in [0.3, 0.4) is 0 Å². The van der Waals surface area contributed by atoms with Crippen molar-refractivity contribution in [2.45, 2.75) is 79.5 Å². The first-order chi connectivity index (χ1) is 17.5. The van der Waals surface area contributed by atoms with E-state index in [-0.39, 0.29) is 38.4 Å². The number of sulfone groups is 2. The number of aliphatic hydroxyl groups excluding tert-OH is 1. The van der Waals surface area contributed by atoms with E-state index in [1.54, 1.807) is 34.6 Å². The molecule has 2 heterocycles. The van der Waals surface area contributed by atoms with Crippen LogP contribution < -0.4 is 0 Å². The van der Waals surface area contributed by atoms with Crippen LogP contribution in [0.5, 0.6) is 0 Å². The van der Waals surface area contributed by atoms with Crippen molar-refractivity contribution < 1.29 is 26.7 Å². The number of rotatable bonds is 3. The minimum Gasteiger partial charge on any atom is -0.506 e. The van der Waals surface area contributed by atoms with Crippen LogP contribution in [0, 0.1) is 55.4 Å². The average molecular weight is 569 g/mol. The smallest absolute Gasteiger partial charge is 0.211 e. The Bertz CT molecular complexity index is 1830. The third-order valence-electron chi connectivity index (χ3n) is 8.29. The van der Waals surface area contributed by atoms with Crippen molar-refractivity contribution >= 4 is 31.2 Å². The number of hydrogen-bond donors (Lipinski definition) is 1. The van der Waals surface area contributed by atoms with E-state index in [4.69, 9.17) is 0 Å². The van der Waals surface area contributed by atoms with E-state index in [0.717, 1.165) is 22.3 Å². The van der Waals surface area contributed by atoms with Crippen LogP contribution in [0.25, 0.3) is 5.76 Å². The Kier molecular flexibility index (Phi) is 7.58. The Morgan fingerprint density at radius 3 is 1.62 bits per heavy atom. The molecule has 0 radical (unpaired) electrons. The minimum atomic E-state index is -4.00. The van der Waals surface area contributed by atoms with E-state index in [1.807, 2.05) is 27.7 Å². The standard InChI is InChI=1S/C30H32O6S2.CH4/c1-14(10-12-23-27(31)25-19(6)15(2)17(4)21(8)29(25)37(23,33)34)11-13-24-28(32)26-20(7)16(3)18(5)22(9)30(26)38(24,35)36;/h10-13,31H,1-9H3;1H4/b12-10+,14-11+,24-13-;. The molecule has 4 rings (SSSR count). The fraction of sp³-hybridized carbons (Fsp3) is 0.323. The SMILES string of the molecule is C.CC(/C=C/C1=C(O)c2c(C)c(C)c(C)c(C)c2S1(=O)=O)=C\C=C1\C(=O)c2c(C)c(C)c(C)c(C)c2S1(=O)=O. The van der Waals surface area contributed by atoms with Gasteiger partial charge in [0.2, 0.25) is 25.5 Å². The summed E-state index contributed by atoms with van der Waals surface area (Å²) in [7, 11) is -7.94. The summed E-state index contributed by atoms with van der Waals surface area (Å²) in [6, 6.07) is 0. The van der Waals surface area contributed by atoms with Crippen molar-refractivity contribution in [2.24, 2.45) is 0 Å². The average Bonchev–Trinajstić information content (AvgIpc) is 3.17. The maximum absolute atomic E-state index is 13.4. The van der Waals surface area contributed by atoms with Crippen molar-refractivity contribution in [3.63, 3.8) is 0 Å². The van der Waals surface area contributed by atoms with Gasteiger partial charge in [-0.05, 0) is 119 Å². The predicted octanol–water partition coefficient (Wildman–Crippen LogP) is 6.86. The maximum atomic E-state index is 13.4. The van der Waals surface area contributed by atoms with Crippen molar-refractivity contribution in [1.29, 1.82) is 0 Å². The Labute approximate surface area is 232 Å². The second-order valence-electron chi connectivity index (χ2n) is 10.2. The Morgan fingerprint density at radius 2 is 1.10 bits per heavy atom. The monoisotopic (exact) mass is 568 g/mol. The van der Waals surface area contributed by atoms with E-state index in [0.29, 0.717) is 33.4 Å². The summed E-state index contributed by atoms with van der Waals surface area (Å²) in [6.07, 6.45) is 5.54. The number of aliphatic hydroxyl groups is 1. The highest BCUT2D eigenvalue weighted by molar-refractivity contribution is 7.97. The third kappa shape index (κ3) is 4.16. The van der Waals surface area contributed by atoms with Gasteiger partial charge in [0.05, 0.1) is 9.79 Å². The molecule has 0 fully saturated rings. The van der Waals surface area contributed by atoms with Gasteiger partial charge in [-0.25, -0.2) is 16.8 Å². The molecule has 0 atom stereocenters. The molecule has 0 bridgehead atoms. The number of allylic oxidation sites excluding steroid dienone is 6. The first-order valence-electron chi connectivity index (χ1n) is 12.2. The molecule has 2 aromatic carbocycles. The van der Waals surface area contributed by atoms with Gasteiger partial charge in [0.1, 0.15) is 15.6 Å². The van der Waals surface area contributed by atoms with Crippen molar-refractivity contribution in [3.05, 3.63) is 95.3 Å². The minimum absolute atomic E-state index is 0. The van der Waals surface area contributed by atoms with E-state index in [9.17, 15) is 26.7 Å². The number of hydrogen-bond acceptors (Lipinski definition) is 6. The van der Waals surface area contributed by atoms with Crippen LogP contribution in [0.15, 0.2) is 49.5 Å². The first-order valence-corrected chi connectivity index (χ1v) is 15.2. The van der Waals surface area contributed by atoms with Gasteiger partial charge < -0.3 is 5.11 Å². The van der Waals surface area contributed by atoms with Crippen LogP contribution >= 0.6 is 0 Å². The predicted molar refractivity (Wildman–Crippen MR) is 157 cm³/mol. The third-order valence-corrected chi connectivity index (χ3v) is 12.2. The highest BCUT2D eigenvalue weighted by Crippen LogP contribution is 2.45. The van der Waals surface area contributed by atoms with Gasteiger partial charge in [-0.1, -0.05) is 25.2 Å². The van der Waals surface area contributed by atoms with Crippen molar-refractivity contribution in [2.75, 3.05) is 0 Å². The van der Waals surface area contributed by atoms with Crippen LogP contribution in [0.4, 0.5) is 0 Å². The van der Waals surface area contributed by atoms with Gasteiger partial charge in [-0.15, -0.1) is 0 Å². The fourth-order valence-corrected chi connectivity index (χ4v) is 9.09. The zero-order valence-corrected chi connectivity index (χ0v) is 24.7. The topological polar surface area (TPSA) is 106 Å². The largest absolute Gasteiger partial charge is 0.506 e. The Hall–Kier alpha value is -3.23. The lowest BCUT2D eigenvalue weighted by atomic mass is 9.92. The van der Waals surface area contributed by atoms with Gasteiger partial charge >= 0.3 is 0 Å². The van der Waals surface area contributed by atoms with E-state index < -0.39 is 25.5 Å². The van der Waals surface area contributed by atoms with E-state index >= 15 is 0 Å². The molecule has 0 aromatic heterocycles. The molecule has 0 unspecified atom stereocenters. The normalized spacial score (nSPS) is 18.6. The summed E-state index contributed by atoms with van der Waals surface area (Å²) in [4.78, 5) is 12.9. The molecule has 6 nitrogen and oxygen atoms in total.